The Balaban J connectivity index is 1.74. The summed E-state index contributed by atoms with van der Waals surface area (Å²) in [4.78, 5) is 12.2. The van der Waals surface area contributed by atoms with Crippen LogP contribution in [0.5, 0.6) is 0 Å². The Bertz CT molecular complexity index is 861. The zero-order chi connectivity index (χ0) is 17.9. The first-order chi connectivity index (χ1) is 12.0. The largest absolute Gasteiger partial charge is 0.296 e. The number of aromatic nitrogens is 2. The van der Waals surface area contributed by atoms with E-state index in [0.717, 1.165) is 41.5 Å². The second-order valence-electron chi connectivity index (χ2n) is 5.66. The van der Waals surface area contributed by atoms with Crippen molar-refractivity contribution in [3.05, 3.63) is 34.3 Å². The highest BCUT2D eigenvalue weighted by atomic mass is 79.9. The summed E-state index contributed by atoms with van der Waals surface area (Å²) in [6, 6.07) is 6.89. The van der Waals surface area contributed by atoms with Gasteiger partial charge in [0.1, 0.15) is 0 Å². The van der Waals surface area contributed by atoms with Gasteiger partial charge in [0.25, 0.3) is 15.9 Å². The number of amides is 1. The van der Waals surface area contributed by atoms with Gasteiger partial charge in [-0.25, -0.2) is 8.42 Å². The highest BCUT2D eigenvalue weighted by Crippen LogP contribution is 2.25. The van der Waals surface area contributed by atoms with E-state index in [4.69, 9.17) is 0 Å². The normalized spacial score (nSPS) is 16.4. The molecule has 3 rings (SSSR count). The van der Waals surface area contributed by atoms with Crippen molar-refractivity contribution in [1.82, 2.24) is 14.5 Å². The fraction of sp³-hybridized carbons (Fsp3) is 0.400. The number of rotatable bonds is 4. The first-order valence-electron chi connectivity index (χ1n) is 7.87. The third kappa shape index (κ3) is 4.43. The number of benzene rings is 1. The summed E-state index contributed by atoms with van der Waals surface area (Å²) in [5, 5.41) is 10.3. The van der Waals surface area contributed by atoms with Crippen molar-refractivity contribution >= 4 is 48.3 Å². The van der Waals surface area contributed by atoms with Gasteiger partial charge in [0.05, 0.1) is 0 Å². The van der Waals surface area contributed by atoms with E-state index in [0.29, 0.717) is 18.7 Å². The van der Waals surface area contributed by atoms with Gasteiger partial charge in [-0.15, -0.1) is 10.2 Å². The van der Waals surface area contributed by atoms with Crippen molar-refractivity contribution in [3.8, 4) is 0 Å². The lowest BCUT2D eigenvalue weighted by Crippen LogP contribution is -2.31. The lowest BCUT2D eigenvalue weighted by molar-refractivity contribution is 0.102. The van der Waals surface area contributed by atoms with Crippen LogP contribution in [0.3, 0.4) is 0 Å². The average Bonchev–Trinajstić information content (AvgIpc) is 2.88. The molecule has 1 fully saturated rings. The number of nitrogens with one attached hydrogen (secondary N) is 1. The molecule has 0 radical (unpaired) electrons. The van der Waals surface area contributed by atoms with Gasteiger partial charge in [-0.1, -0.05) is 46.2 Å². The second-order valence-corrected chi connectivity index (χ2v) is 9.66. The van der Waals surface area contributed by atoms with Crippen molar-refractivity contribution in [3.63, 3.8) is 0 Å². The van der Waals surface area contributed by atoms with Gasteiger partial charge in [0, 0.05) is 23.1 Å². The van der Waals surface area contributed by atoms with Gasteiger partial charge in [-0.3, -0.25) is 10.1 Å². The fourth-order valence-corrected chi connectivity index (χ4v) is 5.51. The number of nitrogens with zero attached hydrogens (tertiary/aromatic N) is 3. The number of carbonyl (C=O) groups excluding carboxylic acids is 1. The van der Waals surface area contributed by atoms with Crippen LogP contribution in [-0.2, 0) is 10.0 Å². The zero-order valence-corrected chi connectivity index (χ0v) is 16.5. The number of sulfonamides is 1. The minimum Gasteiger partial charge on any atom is -0.296 e. The Labute approximate surface area is 158 Å². The second kappa shape index (κ2) is 7.90. The molecule has 1 aliphatic rings. The fourth-order valence-electron chi connectivity index (χ4n) is 2.56. The van der Waals surface area contributed by atoms with Crippen LogP contribution in [0.25, 0.3) is 0 Å². The Morgan fingerprint density at radius 1 is 1.16 bits per heavy atom. The molecule has 25 heavy (non-hydrogen) atoms. The molecule has 0 spiro atoms. The Hall–Kier alpha value is -1.36. The van der Waals surface area contributed by atoms with Gasteiger partial charge >= 0.3 is 0 Å². The van der Waals surface area contributed by atoms with E-state index in [1.54, 1.807) is 18.2 Å². The maximum absolute atomic E-state index is 12.7. The molecule has 0 saturated carbocycles. The maximum atomic E-state index is 12.7. The van der Waals surface area contributed by atoms with E-state index in [1.807, 2.05) is 6.07 Å². The molecule has 1 amide bonds. The molecule has 1 N–H and O–H groups in total. The number of anilines is 1. The third-order valence-corrected chi connectivity index (χ3v) is 7.42. The molecule has 2 aromatic rings. The minimum atomic E-state index is -3.65. The van der Waals surface area contributed by atoms with Crippen LogP contribution in [0.1, 0.15) is 36.0 Å². The first kappa shape index (κ1) is 18.4. The Morgan fingerprint density at radius 2 is 1.88 bits per heavy atom. The van der Waals surface area contributed by atoms with E-state index in [9.17, 15) is 13.2 Å². The number of carbonyl (C=O) groups is 1. The summed E-state index contributed by atoms with van der Waals surface area (Å²) in [5.74, 6) is -0.365. The van der Waals surface area contributed by atoms with Crippen LogP contribution in [0.15, 0.2) is 33.1 Å². The predicted molar refractivity (Wildman–Crippen MR) is 99.2 cm³/mol. The van der Waals surface area contributed by atoms with Crippen LogP contribution in [0.4, 0.5) is 5.13 Å². The molecular formula is C15H17BrN4O3S2. The van der Waals surface area contributed by atoms with Crippen LogP contribution >= 0.6 is 27.3 Å². The van der Waals surface area contributed by atoms with Crippen molar-refractivity contribution in [2.24, 2.45) is 0 Å². The van der Waals surface area contributed by atoms with E-state index in [-0.39, 0.29) is 15.4 Å². The molecule has 1 aromatic heterocycles. The third-order valence-electron chi connectivity index (χ3n) is 3.84. The van der Waals surface area contributed by atoms with Gasteiger partial charge in [0.15, 0.2) is 0 Å². The molecule has 1 aromatic carbocycles. The molecule has 1 aliphatic heterocycles. The van der Waals surface area contributed by atoms with Crippen LogP contribution in [0, 0.1) is 0 Å². The molecule has 2 heterocycles. The van der Waals surface area contributed by atoms with Crippen LogP contribution in [0.2, 0.25) is 0 Å². The minimum absolute atomic E-state index is 0.0843. The van der Waals surface area contributed by atoms with Crippen molar-refractivity contribution in [2.75, 3.05) is 18.4 Å². The molecule has 1 saturated heterocycles. The summed E-state index contributed by atoms with van der Waals surface area (Å²) in [6.07, 6.45) is 3.78. The highest BCUT2D eigenvalue weighted by Gasteiger charge is 2.29. The smallest absolute Gasteiger partial charge is 0.272 e. The number of hydrogen-bond acceptors (Lipinski definition) is 6. The van der Waals surface area contributed by atoms with E-state index >= 15 is 0 Å². The van der Waals surface area contributed by atoms with Gasteiger partial charge in [-0.2, -0.15) is 4.31 Å². The van der Waals surface area contributed by atoms with Crippen LogP contribution in [-0.4, -0.2) is 41.9 Å². The number of hydrogen-bond donors (Lipinski definition) is 1. The summed E-state index contributed by atoms with van der Waals surface area (Å²) >= 11 is 4.18. The zero-order valence-electron chi connectivity index (χ0n) is 13.3. The van der Waals surface area contributed by atoms with Crippen molar-refractivity contribution in [1.29, 1.82) is 0 Å². The Kier molecular flexibility index (Phi) is 5.82. The molecule has 0 atom stereocenters. The van der Waals surface area contributed by atoms with Crippen molar-refractivity contribution in [2.45, 2.75) is 30.0 Å². The van der Waals surface area contributed by atoms with Gasteiger partial charge in [0.2, 0.25) is 9.47 Å². The monoisotopic (exact) mass is 444 g/mol. The molecule has 10 heteroatoms. The quantitative estimate of drug-likeness (QED) is 0.731. The molecule has 0 aliphatic carbocycles. The average molecular weight is 445 g/mol. The van der Waals surface area contributed by atoms with Crippen LogP contribution < -0.4 is 5.32 Å². The van der Waals surface area contributed by atoms with E-state index in [2.05, 4.69) is 31.4 Å². The van der Waals surface area contributed by atoms with Gasteiger partial charge in [-0.05, 0) is 31.0 Å². The molecule has 7 nitrogen and oxygen atoms in total. The first-order valence-corrected chi connectivity index (χ1v) is 10.9. The lowest BCUT2D eigenvalue weighted by Gasteiger charge is -2.17. The summed E-state index contributed by atoms with van der Waals surface area (Å²) in [6.45, 7) is 1.00. The Morgan fingerprint density at radius 3 is 2.56 bits per heavy atom. The van der Waals surface area contributed by atoms with E-state index < -0.39 is 10.0 Å². The molecular weight excluding hydrogens is 428 g/mol. The number of halogens is 1. The topological polar surface area (TPSA) is 92.3 Å². The molecule has 0 bridgehead atoms. The van der Waals surface area contributed by atoms with E-state index in [1.165, 1.54) is 4.31 Å². The summed E-state index contributed by atoms with van der Waals surface area (Å²) in [7, 11) is -3.65. The molecule has 134 valence electrons. The summed E-state index contributed by atoms with van der Waals surface area (Å²) < 4.78 is 27.5. The lowest BCUT2D eigenvalue weighted by atomic mass is 10.2. The SMILES string of the molecule is O=C(Nc1nnc(S(=O)(=O)N2CCCCCC2)s1)c1cccc(Br)c1. The summed E-state index contributed by atoms with van der Waals surface area (Å²) in [5.41, 5.74) is 0.446. The maximum Gasteiger partial charge on any atom is 0.272 e. The molecule has 0 unspecified atom stereocenters. The standard InChI is InChI=1S/C15H17BrN4O3S2/c16-12-7-5-6-11(10-12)13(21)17-14-18-19-15(24-14)25(22,23)20-8-3-1-2-4-9-20/h5-7,10H,1-4,8-9H2,(H,17,18,21). The van der Waals surface area contributed by atoms with Crippen molar-refractivity contribution < 1.29 is 13.2 Å². The highest BCUT2D eigenvalue weighted by molar-refractivity contribution is 9.10. The van der Waals surface area contributed by atoms with Gasteiger partial charge < -0.3 is 0 Å². The predicted octanol–water partition coefficient (Wildman–Crippen LogP) is 3.12.